The van der Waals surface area contributed by atoms with Crippen molar-refractivity contribution in [3.8, 4) is 11.5 Å². The number of nitrogens with two attached hydrogens (primary N) is 1. The second-order valence-corrected chi connectivity index (χ2v) is 6.03. The molecule has 0 radical (unpaired) electrons. The number of hydrogen-bond donors (Lipinski definition) is 2. The lowest BCUT2D eigenvalue weighted by Gasteiger charge is -2.18. The molecule has 1 aliphatic rings. The van der Waals surface area contributed by atoms with E-state index in [-0.39, 0.29) is 42.6 Å². The van der Waals surface area contributed by atoms with Gasteiger partial charge in [0.2, 0.25) is 11.8 Å². The van der Waals surface area contributed by atoms with E-state index in [1.807, 2.05) is 6.92 Å². The van der Waals surface area contributed by atoms with Crippen LogP contribution in [0.1, 0.15) is 19.8 Å². The number of nitrogens with zero attached hydrogens (tertiary/aromatic N) is 1. The lowest BCUT2D eigenvalue weighted by molar-refractivity contribution is -0.126. The van der Waals surface area contributed by atoms with Crippen molar-refractivity contribution >= 4 is 29.9 Å². The third kappa shape index (κ3) is 5.51. The Morgan fingerprint density at radius 2 is 1.92 bits per heavy atom. The molecule has 3 N–H and O–H groups in total. The molecule has 1 aliphatic heterocycles. The van der Waals surface area contributed by atoms with Crippen LogP contribution in [0.2, 0.25) is 0 Å². The Hall–Kier alpha value is -1.99. The van der Waals surface area contributed by atoms with E-state index in [2.05, 4.69) is 5.32 Å². The third-order valence-electron chi connectivity index (χ3n) is 4.04. The van der Waals surface area contributed by atoms with Crippen LogP contribution < -0.4 is 25.4 Å². The fourth-order valence-corrected chi connectivity index (χ4v) is 2.65. The van der Waals surface area contributed by atoms with Crippen molar-refractivity contribution in [3.05, 3.63) is 18.2 Å². The highest BCUT2D eigenvalue weighted by Gasteiger charge is 2.35. The zero-order chi connectivity index (χ0) is 17.7. The topological polar surface area (TPSA) is 93.9 Å². The first-order chi connectivity index (χ1) is 11.4. The average molecular weight is 372 g/mol. The van der Waals surface area contributed by atoms with Crippen LogP contribution in [0.3, 0.4) is 0 Å². The number of rotatable bonds is 7. The Labute approximate surface area is 154 Å². The van der Waals surface area contributed by atoms with E-state index in [1.54, 1.807) is 37.3 Å². The molecular weight excluding hydrogens is 346 g/mol. The number of amides is 2. The van der Waals surface area contributed by atoms with Crippen molar-refractivity contribution in [2.45, 2.75) is 25.8 Å². The van der Waals surface area contributed by atoms with E-state index in [9.17, 15) is 9.59 Å². The summed E-state index contributed by atoms with van der Waals surface area (Å²) in [5.41, 5.74) is 6.34. The summed E-state index contributed by atoms with van der Waals surface area (Å²) in [6.45, 7) is 2.76. The van der Waals surface area contributed by atoms with Gasteiger partial charge in [0.05, 0.1) is 25.8 Å². The molecule has 2 unspecified atom stereocenters. The molecule has 1 aromatic rings. The molecule has 2 atom stereocenters. The Bertz CT molecular complexity index is 587. The van der Waals surface area contributed by atoms with Gasteiger partial charge in [-0.2, -0.15) is 0 Å². The van der Waals surface area contributed by atoms with Crippen LogP contribution in [0.4, 0.5) is 5.69 Å². The van der Waals surface area contributed by atoms with Crippen molar-refractivity contribution in [2.24, 2.45) is 11.7 Å². The quantitative estimate of drug-likeness (QED) is 0.754. The minimum Gasteiger partial charge on any atom is -0.497 e. The number of ether oxygens (including phenoxy) is 2. The smallest absolute Gasteiger partial charge is 0.227 e. The summed E-state index contributed by atoms with van der Waals surface area (Å²) in [6.07, 6.45) is 0.909. The minimum atomic E-state index is -0.359. The Balaban J connectivity index is 0.00000312. The number of nitrogens with one attached hydrogen (secondary N) is 1. The van der Waals surface area contributed by atoms with E-state index < -0.39 is 0 Å². The summed E-state index contributed by atoms with van der Waals surface area (Å²) in [5, 5.41) is 2.85. The van der Waals surface area contributed by atoms with Crippen LogP contribution in [0.5, 0.6) is 11.5 Å². The fraction of sp³-hybridized carbons (Fsp3) is 0.529. The minimum absolute atomic E-state index is 0. The SMILES string of the molecule is COc1cc(OC)cc(N2CC(C(=O)NCCC(C)N)CC2=O)c1.Cl. The number of carbonyl (C=O) groups excluding carboxylic acids is 2. The van der Waals surface area contributed by atoms with Gasteiger partial charge < -0.3 is 25.4 Å². The van der Waals surface area contributed by atoms with Gasteiger partial charge >= 0.3 is 0 Å². The van der Waals surface area contributed by atoms with Crippen molar-refractivity contribution in [2.75, 3.05) is 32.2 Å². The highest BCUT2D eigenvalue weighted by Crippen LogP contribution is 2.32. The normalized spacial score (nSPS) is 17.7. The second-order valence-electron chi connectivity index (χ2n) is 6.03. The van der Waals surface area contributed by atoms with Gasteiger partial charge in [-0.05, 0) is 13.3 Å². The lowest BCUT2D eigenvalue weighted by Crippen LogP contribution is -2.35. The standard InChI is InChI=1S/C17H25N3O4.ClH/c1-11(18)4-5-19-17(22)12-6-16(21)20(10-12)13-7-14(23-2)9-15(8-13)24-3;/h7-9,11-12H,4-6,10,18H2,1-3H3,(H,19,22);1H. The maximum atomic E-state index is 12.3. The summed E-state index contributed by atoms with van der Waals surface area (Å²) in [6, 6.07) is 5.30. The van der Waals surface area contributed by atoms with Gasteiger partial charge in [0.1, 0.15) is 11.5 Å². The second kappa shape index (κ2) is 9.48. The fourth-order valence-electron chi connectivity index (χ4n) is 2.65. The van der Waals surface area contributed by atoms with Gasteiger partial charge in [0, 0.05) is 43.8 Å². The van der Waals surface area contributed by atoms with E-state index in [0.29, 0.717) is 36.7 Å². The summed E-state index contributed by atoms with van der Waals surface area (Å²) >= 11 is 0. The van der Waals surface area contributed by atoms with E-state index in [4.69, 9.17) is 15.2 Å². The Morgan fingerprint density at radius 3 is 2.44 bits per heavy atom. The average Bonchev–Trinajstić information content (AvgIpc) is 2.95. The third-order valence-corrected chi connectivity index (χ3v) is 4.04. The van der Waals surface area contributed by atoms with Crippen molar-refractivity contribution in [1.29, 1.82) is 0 Å². The molecule has 2 rings (SSSR count). The maximum Gasteiger partial charge on any atom is 0.227 e. The molecule has 0 aliphatic carbocycles. The summed E-state index contributed by atoms with van der Waals surface area (Å²) in [7, 11) is 3.11. The molecule has 0 aromatic heterocycles. The number of benzene rings is 1. The first-order valence-electron chi connectivity index (χ1n) is 8.01. The Kier molecular flexibility index (Phi) is 7.99. The molecule has 1 heterocycles. The van der Waals surface area contributed by atoms with Crippen LogP contribution in [0, 0.1) is 5.92 Å². The van der Waals surface area contributed by atoms with Crippen LogP contribution in [-0.4, -0.2) is 45.2 Å². The van der Waals surface area contributed by atoms with Gasteiger partial charge in [0.25, 0.3) is 0 Å². The first-order valence-corrected chi connectivity index (χ1v) is 8.01. The number of methoxy groups -OCH3 is 2. The van der Waals surface area contributed by atoms with Gasteiger partial charge in [-0.3, -0.25) is 9.59 Å². The van der Waals surface area contributed by atoms with Crippen LogP contribution >= 0.6 is 12.4 Å². The zero-order valence-electron chi connectivity index (χ0n) is 14.8. The molecule has 1 aromatic carbocycles. The first kappa shape index (κ1) is 21.1. The van der Waals surface area contributed by atoms with Gasteiger partial charge in [-0.1, -0.05) is 0 Å². The van der Waals surface area contributed by atoms with Gasteiger partial charge in [-0.15, -0.1) is 12.4 Å². The Morgan fingerprint density at radius 1 is 1.32 bits per heavy atom. The molecule has 0 spiro atoms. The molecule has 1 fully saturated rings. The molecule has 0 bridgehead atoms. The largest absolute Gasteiger partial charge is 0.497 e. The van der Waals surface area contributed by atoms with Crippen LogP contribution in [0.25, 0.3) is 0 Å². The van der Waals surface area contributed by atoms with E-state index >= 15 is 0 Å². The van der Waals surface area contributed by atoms with Crippen molar-refractivity contribution in [3.63, 3.8) is 0 Å². The molecule has 2 amide bonds. The van der Waals surface area contributed by atoms with Crippen LogP contribution in [0.15, 0.2) is 18.2 Å². The number of carbonyl (C=O) groups is 2. The molecule has 140 valence electrons. The predicted molar refractivity (Wildman–Crippen MR) is 98.5 cm³/mol. The highest BCUT2D eigenvalue weighted by molar-refractivity contribution is 6.00. The monoisotopic (exact) mass is 371 g/mol. The summed E-state index contributed by atoms with van der Waals surface area (Å²) < 4.78 is 10.5. The zero-order valence-corrected chi connectivity index (χ0v) is 15.6. The molecule has 25 heavy (non-hydrogen) atoms. The maximum absolute atomic E-state index is 12.3. The van der Waals surface area contributed by atoms with Gasteiger partial charge in [-0.25, -0.2) is 0 Å². The van der Waals surface area contributed by atoms with Gasteiger partial charge in [0.15, 0.2) is 0 Å². The lowest BCUT2D eigenvalue weighted by atomic mass is 10.1. The predicted octanol–water partition coefficient (Wildman–Crippen LogP) is 1.33. The number of halogens is 1. The van der Waals surface area contributed by atoms with E-state index in [0.717, 1.165) is 0 Å². The molecule has 0 saturated carbocycles. The highest BCUT2D eigenvalue weighted by atomic mass is 35.5. The summed E-state index contributed by atoms with van der Waals surface area (Å²) in [5.74, 6) is 0.644. The van der Waals surface area contributed by atoms with Crippen molar-refractivity contribution in [1.82, 2.24) is 5.32 Å². The molecule has 7 nitrogen and oxygen atoms in total. The van der Waals surface area contributed by atoms with Crippen molar-refractivity contribution < 1.29 is 19.1 Å². The summed E-state index contributed by atoms with van der Waals surface area (Å²) in [4.78, 5) is 26.1. The molecule has 8 heteroatoms. The van der Waals surface area contributed by atoms with Crippen LogP contribution in [-0.2, 0) is 9.59 Å². The molecule has 1 saturated heterocycles. The molecular formula is C17H26ClN3O4. The number of hydrogen-bond acceptors (Lipinski definition) is 5. The number of anilines is 1. The van der Waals surface area contributed by atoms with E-state index in [1.165, 1.54) is 0 Å².